The molecule has 2 rings (SSSR count). The number of nitrogens with two attached hydrogens (primary N) is 1. The summed E-state index contributed by atoms with van der Waals surface area (Å²) in [6.45, 7) is 1.07. The number of nitriles is 1. The maximum atomic E-state index is 8.95. The Hall–Kier alpha value is -2.51. The van der Waals surface area contributed by atoms with Gasteiger partial charge in [-0.2, -0.15) is 5.26 Å². The van der Waals surface area contributed by atoms with Crippen molar-refractivity contribution in [3.63, 3.8) is 0 Å². The molecule has 2 aromatic rings. The van der Waals surface area contributed by atoms with E-state index in [1.54, 1.807) is 13.2 Å². The molecule has 0 radical (unpaired) electrons. The van der Waals surface area contributed by atoms with Crippen LogP contribution in [-0.4, -0.2) is 13.7 Å². The monoisotopic (exact) mass is 282 g/mol. The molecule has 0 amide bonds. The van der Waals surface area contributed by atoms with Gasteiger partial charge < -0.3 is 15.2 Å². The molecule has 0 spiro atoms. The molecule has 0 aliphatic carbocycles. The van der Waals surface area contributed by atoms with Crippen molar-refractivity contribution >= 4 is 0 Å². The Labute approximate surface area is 124 Å². The topological polar surface area (TPSA) is 68.3 Å². The van der Waals surface area contributed by atoms with Gasteiger partial charge in [-0.25, -0.2) is 0 Å². The minimum atomic E-state index is 0.429. The fourth-order valence-electron chi connectivity index (χ4n) is 2.00. The Bertz CT molecular complexity index is 630. The van der Waals surface area contributed by atoms with Crippen molar-refractivity contribution in [1.82, 2.24) is 0 Å². The standard InChI is InChI=1S/C17H18N2O2/c1-20-17-10-14(2-5-15(17)11-19)12-21-16-6-3-13(4-7-16)8-9-18/h2-7,10H,8-9,12,18H2,1H3. The van der Waals surface area contributed by atoms with Crippen LogP contribution in [-0.2, 0) is 13.0 Å². The quantitative estimate of drug-likeness (QED) is 0.884. The fraction of sp³-hybridized carbons (Fsp3) is 0.235. The third-order valence-corrected chi connectivity index (χ3v) is 3.15. The minimum absolute atomic E-state index is 0.429. The van der Waals surface area contributed by atoms with Gasteiger partial charge in [0.05, 0.1) is 12.7 Å². The average Bonchev–Trinajstić information content (AvgIpc) is 2.54. The van der Waals surface area contributed by atoms with Gasteiger partial charge >= 0.3 is 0 Å². The molecule has 0 saturated heterocycles. The summed E-state index contributed by atoms with van der Waals surface area (Å²) in [7, 11) is 1.55. The largest absolute Gasteiger partial charge is 0.495 e. The number of methoxy groups -OCH3 is 1. The van der Waals surface area contributed by atoms with Crippen molar-refractivity contribution in [3.8, 4) is 17.6 Å². The van der Waals surface area contributed by atoms with Crippen molar-refractivity contribution in [2.45, 2.75) is 13.0 Å². The van der Waals surface area contributed by atoms with E-state index in [1.165, 1.54) is 5.56 Å². The molecule has 4 nitrogen and oxygen atoms in total. The van der Waals surface area contributed by atoms with Gasteiger partial charge in [0.2, 0.25) is 0 Å². The highest BCUT2D eigenvalue weighted by atomic mass is 16.5. The van der Waals surface area contributed by atoms with Crippen LogP contribution < -0.4 is 15.2 Å². The molecule has 0 aliphatic heterocycles. The summed E-state index contributed by atoms with van der Waals surface area (Å²) in [5, 5.41) is 8.95. The molecule has 0 bridgehead atoms. The molecule has 0 aliphatic rings. The molecular formula is C17H18N2O2. The summed E-state index contributed by atoms with van der Waals surface area (Å²) in [5.41, 5.74) is 8.19. The number of hydrogen-bond donors (Lipinski definition) is 1. The molecule has 21 heavy (non-hydrogen) atoms. The Morgan fingerprint density at radius 3 is 2.43 bits per heavy atom. The molecule has 108 valence electrons. The summed E-state index contributed by atoms with van der Waals surface area (Å²) in [5.74, 6) is 1.37. The maximum absolute atomic E-state index is 8.95. The minimum Gasteiger partial charge on any atom is -0.495 e. The van der Waals surface area contributed by atoms with Gasteiger partial charge in [-0.3, -0.25) is 0 Å². The molecule has 2 N–H and O–H groups in total. The van der Waals surface area contributed by atoms with E-state index in [2.05, 4.69) is 6.07 Å². The van der Waals surface area contributed by atoms with Crippen LogP contribution in [0.5, 0.6) is 11.5 Å². The van der Waals surface area contributed by atoms with Crippen LogP contribution in [0, 0.1) is 11.3 Å². The average molecular weight is 282 g/mol. The van der Waals surface area contributed by atoms with E-state index < -0.39 is 0 Å². The van der Waals surface area contributed by atoms with Crippen molar-refractivity contribution < 1.29 is 9.47 Å². The third-order valence-electron chi connectivity index (χ3n) is 3.15. The zero-order chi connectivity index (χ0) is 15.1. The molecule has 0 unspecified atom stereocenters. The summed E-state index contributed by atoms with van der Waals surface area (Å²) < 4.78 is 10.9. The van der Waals surface area contributed by atoms with Gasteiger partial charge in [-0.1, -0.05) is 18.2 Å². The van der Waals surface area contributed by atoms with E-state index in [1.807, 2.05) is 36.4 Å². The third kappa shape index (κ3) is 3.98. The lowest BCUT2D eigenvalue weighted by atomic mass is 10.1. The highest BCUT2D eigenvalue weighted by molar-refractivity contribution is 5.45. The Kier molecular flexibility index (Phi) is 5.19. The van der Waals surface area contributed by atoms with Crippen molar-refractivity contribution in [2.75, 3.05) is 13.7 Å². The second-order valence-corrected chi connectivity index (χ2v) is 4.62. The molecule has 0 fully saturated rings. The van der Waals surface area contributed by atoms with Crippen molar-refractivity contribution in [3.05, 3.63) is 59.2 Å². The number of rotatable bonds is 6. The first-order valence-electron chi connectivity index (χ1n) is 6.75. The van der Waals surface area contributed by atoms with Crippen LogP contribution >= 0.6 is 0 Å². The van der Waals surface area contributed by atoms with Crippen LogP contribution in [0.25, 0.3) is 0 Å². The van der Waals surface area contributed by atoms with E-state index in [9.17, 15) is 0 Å². The van der Waals surface area contributed by atoms with Crippen molar-refractivity contribution in [1.29, 1.82) is 5.26 Å². The molecule has 0 aromatic heterocycles. The first-order chi connectivity index (χ1) is 10.3. The predicted molar refractivity (Wildman–Crippen MR) is 81.2 cm³/mol. The molecular weight excluding hydrogens is 264 g/mol. The smallest absolute Gasteiger partial charge is 0.137 e. The maximum Gasteiger partial charge on any atom is 0.137 e. The lowest BCUT2D eigenvalue weighted by Crippen LogP contribution is -2.02. The second-order valence-electron chi connectivity index (χ2n) is 4.62. The zero-order valence-electron chi connectivity index (χ0n) is 12.0. The lowest BCUT2D eigenvalue weighted by Gasteiger charge is -2.09. The normalized spacial score (nSPS) is 9.95. The highest BCUT2D eigenvalue weighted by Gasteiger charge is 2.04. The van der Waals surface area contributed by atoms with Gasteiger partial charge in [0.25, 0.3) is 0 Å². The van der Waals surface area contributed by atoms with Crippen molar-refractivity contribution in [2.24, 2.45) is 5.73 Å². The predicted octanol–water partition coefficient (Wildman–Crippen LogP) is 2.65. The first kappa shape index (κ1) is 14.9. The molecule has 2 aromatic carbocycles. The van der Waals surface area contributed by atoms with E-state index in [4.69, 9.17) is 20.5 Å². The van der Waals surface area contributed by atoms with Crippen LogP contribution in [0.1, 0.15) is 16.7 Å². The van der Waals surface area contributed by atoms with E-state index in [-0.39, 0.29) is 0 Å². The first-order valence-corrected chi connectivity index (χ1v) is 6.75. The van der Waals surface area contributed by atoms with E-state index in [0.29, 0.717) is 24.5 Å². The summed E-state index contributed by atoms with van der Waals surface area (Å²) >= 11 is 0. The summed E-state index contributed by atoms with van der Waals surface area (Å²) in [6, 6.07) is 15.4. The van der Waals surface area contributed by atoms with Gasteiger partial charge in [-0.15, -0.1) is 0 Å². The van der Waals surface area contributed by atoms with Gasteiger partial charge in [0.15, 0.2) is 0 Å². The number of ether oxygens (including phenoxy) is 2. The second kappa shape index (κ2) is 7.32. The summed E-state index contributed by atoms with van der Waals surface area (Å²) in [6.07, 6.45) is 0.868. The number of hydrogen-bond acceptors (Lipinski definition) is 4. The van der Waals surface area contributed by atoms with E-state index in [0.717, 1.165) is 17.7 Å². The Morgan fingerprint density at radius 2 is 1.81 bits per heavy atom. The summed E-state index contributed by atoms with van der Waals surface area (Å²) in [4.78, 5) is 0. The van der Waals surface area contributed by atoms with Crippen LogP contribution in [0.2, 0.25) is 0 Å². The van der Waals surface area contributed by atoms with Crippen LogP contribution in [0.3, 0.4) is 0 Å². The van der Waals surface area contributed by atoms with Gasteiger partial charge in [0.1, 0.15) is 24.2 Å². The molecule has 0 atom stereocenters. The number of nitrogens with zero attached hydrogens (tertiary/aromatic N) is 1. The highest BCUT2D eigenvalue weighted by Crippen LogP contribution is 2.21. The van der Waals surface area contributed by atoms with Gasteiger partial charge in [-0.05, 0) is 48.4 Å². The van der Waals surface area contributed by atoms with E-state index >= 15 is 0 Å². The number of benzene rings is 2. The van der Waals surface area contributed by atoms with Crippen LogP contribution in [0.4, 0.5) is 0 Å². The Morgan fingerprint density at radius 1 is 1.10 bits per heavy atom. The SMILES string of the molecule is COc1cc(COc2ccc(CCN)cc2)ccc1C#N. The zero-order valence-corrected chi connectivity index (χ0v) is 12.0. The molecule has 0 heterocycles. The van der Waals surface area contributed by atoms with Crippen LogP contribution in [0.15, 0.2) is 42.5 Å². The fourth-order valence-corrected chi connectivity index (χ4v) is 2.00. The van der Waals surface area contributed by atoms with Gasteiger partial charge in [0, 0.05) is 0 Å². The lowest BCUT2D eigenvalue weighted by molar-refractivity contribution is 0.305. The molecule has 0 saturated carbocycles. The Balaban J connectivity index is 2.01. The molecule has 4 heteroatoms.